The van der Waals surface area contributed by atoms with Crippen LogP contribution in [0.4, 0.5) is 4.79 Å². The summed E-state index contributed by atoms with van der Waals surface area (Å²) in [6.07, 6.45) is 2.90. The Morgan fingerprint density at radius 3 is 2.63 bits per heavy atom. The fourth-order valence-electron chi connectivity index (χ4n) is 2.96. The van der Waals surface area contributed by atoms with Crippen LogP contribution in [0.2, 0.25) is 0 Å². The zero-order valence-corrected chi connectivity index (χ0v) is 11.4. The standard InChI is InChI=1S/C13H22N2O4/c1-10-3-2-4-13(9-10,11(16)17)14-12(18)15-5-7-19-8-6-15/h10H,2-9H2,1H3,(H,14,18)(H,16,17). The lowest BCUT2D eigenvalue weighted by Gasteiger charge is -2.39. The lowest BCUT2D eigenvalue weighted by Crippen LogP contribution is -2.60. The molecule has 19 heavy (non-hydrogen) atoms. The van der Waals surface area contributed by atoms with E-state index in [9.17, 15) is 14.7 Å². The summed E-state index contributed by atoms with van der Waals surface area (Å²) in [4.78, 5) is 25.4. The van der Waals surface area contributed by atoms with Gasteiger partial charge < -0.3 is 20.1 Å². The van der Waals surface area contributed by atoms with Gasteiger partial charge in [0.15, 0.2) is 0 Å². The number of hydrogen-bond acceptors (Lipinski definition) is 3. The Kier molecular flexibility index (Phi) is 4.29. The highest BCUT2D eigenvalue weighted by molar-refractivity contribution is 5.86. The average molecular weight is 270 g/mol. The third kappa shape index (κ3) is 3.18. The van der Waals surface area contributed by atoms with Crippen molar-refractivity contribution in [2.24, 2.45) is 5.92 Å². The molecule has 2 fully saturated rings. The van der Waals surface area contributed by atoms with E-state index in [0.29, 0.717) is 45.1 Å². The largest absolute Gasteiger partial charge is 0.480 e. The maximum absolute atomic E-state index is 12.2. The van der Waals surface area contributed by atoms with E-state index in [2.05, 4.69) is 5.32 Å². The number of nitrogens with zero attached hydrogens (tertiary/aromatic N) is 1. The molecule has 0 spiro atoms. The first-order valence-corrected chi connectivity index (χ1v) is 6.92. The molecule has 1 aliphatic heterocycles. The van der Waals surface area contributed by atoms with Crippen molar-refractivity contribution in [3.63, 3.8) is 0 Å². The van der Waals surface area contributed by atoms with E-state index in [4.69, 9.17) is 4.74 Å². The second-order valence-corrected chi connectivity index (χ2v) is 5.62. The highest BCUT2D eigenvalue weighted by atomic mass is 16.5. The first kappa shape index (κ1) is 14.1. The van der Waals surface area contributed by atoms with E-state index in [1.165, 1.54) is 0 Å². The lowest BCUT2D eigenvalue weighted by molar-refractivity contribution is -0.146. The zero-order chi connectivity index (χ0) is 13.9. The van der Waals surface area contributed by atoms with Gasteiger partial charge in [0, 0.05) is 13.1 Å². The Morgan fingerprint density at radius 2 is 2.05 bits per heavy atom. The predicted molar refractivity (Wildman–Crippen MR) is 68.9 cm³/mol. The number of carbonyl (C=O) groups excluding carboxylic acids is 1. The first-order valence-electron chi connectivity index (χ1n) is 6.92. The van der Waals surface area contributed by atoms with Gasteiger partial charge in [-0.05, 0) is 18.8 Å². The Bertz CT molecular complexity index is 355. The molecule has 1 aliphatic carbocycles. The van der Waals surface area contributed by atoms with Crippen LogP contribution in [0.15, 0.2) is 0 Å². The minimum Gasteiger partial charge on any atom is -0.480 e. The highest BCUT2D eigenvalue weighted by Crippen LogP contribution is 2.32. The smallest absolute Gasteiger partial charge is 0.329 e. The van der Waals surface area contributed by atoms with Crippen LogP contribution in [-0.2, 0) is 9.53 Å². The van der Waals surface area contributed by atoms with Crippen molar-refractivity contribution < 1.29 is 19.4 Å². The van der Waals surface area contributed by atoms with E-state index >= 15 is 0 Å². The van der Waals surface area contributed by atoms with Crippen LogP contribution < -0.4 is 5.32 Å². The Labute approximate surface area is 113 Å². The average Bonchev–Trinajstić information content (AvgIpc) is 2.39. The number of urea groups is 1. The van der Waals surface area contributed by atoms with E-state index in [0.717, 1.165) is 12.8 Å². The number of hydrogen-bond donors (Lipinski definition) is 2. The maximum Gasteiger partial charge on any atom is 0.329 e. The fraction of sp³-hybridized carbons (Fsp3) is 0.846. The summed E-state index contributed by atoms with van der Waals surface area (Å²) in [7, 11) is 0. The SMILES string of the molecule is CC1CCCC(NC(=O)N2CCOCC2)(C(=O)O)C1. The van der Waals surface area contributed by atoms with Crippen LogP contribution in [0, 0.1) is 5.92 Å². The molecule has 0 aromatic carbocycles. The topological polar surface area (TPSA) is 78.9 Å². The van der Waals surface area contributed by atoms with Gasteiger partial charge in [0.2, 0.25) is 0 Å². The molecule has 2 N–H and O–H groups in total. The number of amides is 2. The Morgan fingerprint density at radius 1 is 1.37 bits per heavy atom. The van der Waals surface area contributed by atoms with Crippen LogP contribution in [0.5, 0.6) is 0 Å². The summed E-state index contributed by atoms with van der Waals surface area (Å²) in [6.45, 7) is 4.12. The maximum atomic E-state index is 12.2. The van der Waals surface area contributed by atoms with E-state index in [-0.39, 0.29) is 6.03 Å². The summed E-state index contributed by atoms with van der Waals surface area (Å²) < 4.78 is 5.19. The molecular weight excluding hydrogens is 248 g/mol. The molecule has 108 valence electrons. The summed E-state index contributed by atoms with van der Waals surface area (Å²) in [5.41, 5.74) is -1.09. The minimum atomic E-state index is -1.09. The fourth-order valence-corrected chi connectivity index (χ4v) is 2.96. The van der Waals surface area contributed by atoms with Crippen molar-refractivity contribution in [2.75, 3.05) is 26.3 Å². The van der Waals surface area contributed by atoms with Crippen LogP contribution in [0.1, 0.15) is 32.6 Å². The van der Waals surface area contributed by atoms with Crippen LogP contribution >= 0.6 is 0 Å². The molecule has 6 heteroatoms. The van der Waals surface area contributed by atoms with Crippen molar-refractivity contribution in [3.8, 4) is 0 Å². The van der Waals surface area contributed by atoms with Crippen LogP contribution in [0.25, 0.3) is 0 Å². The molecule has 1 saturated heterocycles. The van der Waals surface area contributed by atoms with Gasteiger partial charge >= 0.3 is 12.0 Å². The number of carboxylic acid groups (broad SMARTS) is 1. The van der Waals surface area contributed by atoms with Crippen molar-refractivity contribution in [2.45, 2.75) is 38.1 Å². The molecule has 1 saturated carbocycles. The molecule has 2 unspecified atom stereocenters. The van der Waals surface area contributed by atoms with Crippen molar-refractivity contribution in [1.82, 2.24) is 10.2 Å². The monoisotopic (exact) mass is 270 g/mol. The first-order chi connectivity index (χ1) is 9.03. The van der Waals surface area contributed by atoms with E-state index in [1.807, 2.05) is 6.92 Å². The zero-order valence-electron chi connectivity index (χ0n) is 11.4. The van der Waals surface area contributed by atoms with Gasteiger partial charge in [0.25, 0.3) is 0 Å². The van der Waals surface area contributed by atoms with Crippen LogP contribution in [0.3, 0.4) is 0 Å². The molecule has 0 radical (unpaired) electrons. The summed E-state index contributed by atoms with van der Waals surface area (Å²) >= 11 is 0. The Balaban J connectivity index is 2.03. The van der Waals surface area contributed by atoms with Gasteiger partial charge in [-0.25, -0.2) is 9.59 Å². The summed E-state index contributed by atoms with van der Waals surface area (Å²) in [5, 5.41) is 12.3. The van der Waals surface area contributed by atoms with Gasteiger partial charge in [-0.1, -0.05) is 19.8 Å². The highest BCUT2D eigenvalue weighted by Gasteiger charge is 2.43. The summed E-state index contributed by atoms with van der Waals surface area (Å²) in [6, 6.07) is -0.278. The van der Waals surface area contributed by atoms with Gasteiger partial charge in [0.1, 0.15) is 5.54 Å². The van der Waals surface area contributed by atoms with Gasteiger partial charge in [0.05, 0.1) is 13.2 Å². The van der Waals surface area contributed by atoms with E-state index in [1.54, 1.807) is 4.90 Å². The lowest BCUT2D eigenvalue weighted by atomic mass is 9.76. The quantitative estimate of drug-likeness (QED) is 0.786. The molecule has 1 heterocycles. The number of morpholine rings is 1. The molecule has 0 bridgehead atoms. The number of aliphatic carboxylic acids is 1. The molecule has 0 aromatic heterocycles. The van der Waals surface area contributed by atoms with Gasteiger partial charge in [-0.2, -0.15) is 0 Å². The molecule has 0 aromatic rings. The number of carbonyl (C=O) groups is 2. The molecule has 2 atom stereocenters. The van der Waals surface area contributed by atoms with E-state index < -0.39 is 11.5 Å². The third-order valence-electron chi connectivity index (χ3n) is 4.05. The third-order valence-corrected chi connectivity index (χ3v) is 4.05. The van der Waals surface area contributed by atoms with Gasteiger partial charge in [-0.3, -0.25) is 0 Å². The minimum absolute atomic E-state index is 0.278. The molecule has 6 nitrogen and oxygen atoms in total. The Hall–Kier alpha value is -1.30. The van der Waals surface area contributed by atoms with Crippen molar-refractivity contribution >= 4 is 12.0 Å². The second kappa shape index (κ2) is 5.77. The normalized spacial score (nSPS) is 31.8. The molecule has 2 rings (SSSR count). The van der Waals surface area contributed by atoms with Gasteiger partial charge in [-0.15, -0.1) is 0 Å². The number of carboxylic acids is 1. The number of rotatable bonds is 2. The number of ether oxygens (including phenoxy) is 1. The molecule has 2 aliphatic rings. The molecule has 2 amide bonds. The summed E-state index contributed by atoms with van der Waals surface area (Å²) in [5.74, 6) is -0.588. The predicted octanol–water partition coefficient (Wildman–Crippen LogP) is 1.06. The van der Waals surface area contributed by atoms with Crippen LogP contribution in [-0.4, -0.2) is 53.8 Å². The molecular formula is C13H22N2O4. The van der Waals surface area contributed by atoms with Crippen molar-refractivity contribution in [1.29, 1.82) is 0 Å². The van der Waals surface area contributed by atoms with Crippen molar-refractivity contribution in [3.05, 3.63) is 0 Å². The number of nitrogens with one attached hydrogen (secondary N) is 1. The second-order valence-electron chi connectivity index (χ2n) is 5.62.